The van der Waals surface area contributed by atoms with Gasteiger partial charge in [0.25, 0.3) is 0 Å². The van der Waals surface area contributed by atoms with Crippen molar-refractivity contribution in [2.45, 2.75) is 10.9 Å². The van der Waals surface area contributed by atoms with E-state index >= 15 is 0 Å². The third kappa shape index (κ3) is 2.13. The van der Waals surface area contributed by atoms with Gasteiger partial charge in [-0.25, -0.2) is 0 Å². The minimum absolute atomic E-state index is 0.131. The van der Waals surface area contributed by atoms with Crippen molar-refractivity contribution >= 4 is 118 Å². The highest BCUT2D eigenvalue weighted by atomic mass is 79.9. The van der Waals surface area contributed by atoms with Gasteiger partial charge in [0, 0.05) is 0 Å². The topological polar surface area (TPSA) is 0 Å². The molecule has 13 heavy (non-hydrogen) atoms. The maximum Gasteiger partial charge on any atom is 0.170 e. The summed E-state index contributed by atoms with van der Waals surface area (Å²) in [5, 5.41) is 0. The van der Waals surface area contributed by atoms with Crippen molar-refractivity contribution < 1.29 is 0 Å². The zero-order chi connectivity index (χ0) is 9.32. The molecule has 0 aromatic carbocycles. The molecule has 0 unspecified atom stereocenters. The van der Waals surface area contributed by atoms with Gasteiger partial charge in [-0.05, 0) is 47.8 Å². The third-order valence-corrected chi connectivity index (χ3v) is 15.4. The van der Waals surface area contributed by atoms with Crippen LogP contribution in [0, 0.1) is 0 Å². The first-order chi connectivity index (χ1) is 5.91. The molecular weight excluding hydrogens is 480 g/mol. The minimum atomic E-state index is 0.131. The van der Waals surface area contributed by atoms with Crippen molar-refractivity contribution in [3.05, 3.63) is 0 Å². The van der Waals surface area contributed by atoms with E-state index in [9.17, 15) is 0 Å². The lowest BCUT2D eigenvalue weighted by Crippen LogP contribution is -2.41. The number of hydrogen-bond acceptors (Lipinski definition) is 6. The molecule has 9 heteroatoms. The first-order valence-corrected chi connectivity index (χ1v) is 10.6. The molecule has 4 rings (SSSR count). The van der Waals surface area contributed by atoms with Crippen LogP contribution in [0.2, 0.25) is 0 Å². The third-order valence-electron chi connectivity index (χ3n) is 1.44. The molecule has 0 aromatic rings. The van der Waals surface area contributed by atoms with Crippen molar-refractivity contribution in [2.24, 2.45) is 0 Å². The lowest BCUT2D eigenvalue weighted by atomic mass is 11.7. The number of alkyl halides is 3. The molecule has 0 spiro atoms. The molecule has 0 N–H and O–H groups in total. The predicted octanol–water partition coefficient (Wildman–Crippen LogP) is 5.73. The second-order valence-electron chi connectivity index (χ2n) is 2.39. The van der Waals surface area contributed by atoms with Crippen molar-refractivity contribution in [3.63, 3.8) is 0 Å². The predicted molar refractivity (Wildman–Crippen MR) is 84.3 cm³/mol. The van der Waals surface area contributed by atoms with Gasteiger partial charge in [-0.3, -0.25) is 0 Å². The van der Waals surface area contributed by atoms with Gasteiger partial charge in [-0.15, -0.1) is 0 Å². The fourth-order valence-corrected chi connectivity index (χ4v) is 31.9. The van der Waals surface area contributed by atoms with Crippen molar-refractivity contribution in [3.8, 4) is 0 Å². The van der Waals surface area contributed by atoms with Gasteiger partial charge in [0.05, 0.1) is 0 Å². The molecule has 0 aromatic heterocycles. The van der Waals surface area contributed by atoms with E-state index in [-0.39, 0.29) is 6.96 Å². The first kappa shape index (κ1) is 11.6. The SMILES string of the molecule is BrC12SC3SC(Br)(S1)SC(Br)(S3)S2. The van der Waals surface area contributed by atoms with Crippen molar-refractivity contribution in [2.75, 3.05) is 0 Å². The Balaban J connectivity index is 2.03. The fraction of sp³-hybridized carbons (Fsp3) is 1.00. The lowest BCUT2D eigenvalue weighted by molar-refractivity contribution is 1.62. The van der Waals surface area contributed by atoms with Crippen molar-refractivity contribution in [1.82, 2.24) is 0 Å². The summed E-state index contributed by atoms with van der Waals surface area (Å²) in [6, 6.07) is 0. The van der Waals surface area contributed by atoms with Crippen LogP contribution >= 0.6 is 118 Å². The van der Waals surface area contributed by atoms with Crippen molar-refractivity contribution in [1.29, 1.82) is 0 Å². The number of thioether (sulfide) groups is 6. The lowest BCUT2D eigenvalue weighted by Gasteiger charge is -2.57. The van der Waals surface area contributed by atoms with Crippen LogP contribution < -0.4 is 0 Å². The van der Waals surface area contributed by atoms with Gasteiger partial charge < -0.3 is 0 Å². The quantitative estimate of drug-likeness (QED) is 0.403. The van der Waals surface area contributed by atoms with Crippen LogP contribution in [0.5, 0.6) is 0 Å². The van der Waals surface area contributed by atoms with E-state index in [1.54, 1.807) is 0 Å². The van der Waals surface area contributed by atoms with Crippen LogP contribution in [0.25, 0.3) is 0 Å². The molecule has 0 amide bonds. The van der Waals surface area contributed by atoms with Crippen LogP contribution in [0.15, 0.2) is 0 Å². The molecule has 74 valence electrons. The minimum Gasteiger partial charge on any atom is -0.0962 e. The Morgan fingerprint density at radius 2 is 1.00 bits per heavy atom. The summed E-state index contributed by atoms with van der Waals surface area (Å²) in [6.45, 7) is 0. The summed E-state index contributed by atoms with van der Waals surface area (Å²) in [7, 11) is 0. The van der Waals surface area contributed by atoms with E-state index in [1.165, 1.54) is 0 Å². The Bertz CT molecular complexity index is 222. The molecule has 4 aliphatic rings. The molecule has 4 bridgehead atoms. The van der Waals surface area contributed by atoms with Gasteiger partial charge in [0.15, 0.2) is 6.96 Å². The van der Waals surface area contributed by atoms with Gasteiger partial charge in [-0.1, -0.05) is 70.6 Å². The molecule has 4 heterocycles. The molecule has 0 atom stereocenters. The molecule has 0 nitrogen and oxygen atoms in total. The Hall–Kier alpha value is 3.54. The number of hydrogen-bond donors (Lipinski definition) is 0. The molecule has 0 saturated carbocycles. The monoisotopic (exact) mass is 478 g/mol. The smallest absolute Gasteiger partial charge is 0.0962 e. The maximum atomic E-state index is 3.82. The Morgan fingerprint density at radius 1 is 0.692 bits per heavy atom. The van der Waals surface area contributed by atoms with Crippen LogP contribution in [-0.2, 0) is 0 Å². The van der Waals surface area contributed by atoms with Gasteiger partial charge >= 0.3 is 0 Å². The molecule has 0 aliphatic carbocycles. The summed E-state index contributed by atoms with van der Waals surface area (Å²) in [4.78, 5) is 0. The Morgan fingerprint density at radius 3 is 1.23 bits per heavy atom. The van der Waals surface area contributed by atoms with Crippen LogP contribution in [0.3, 0.4) is 0 Å². The molecule has 4 fully saturated rings. The maximum absolute atomic E-state index is 3.82. The average molecular weight is 481 g/mol. The molecular formula is C4HBr3S6. The first-order valence-electron chi connectivity index (χ1n) is 3.11. The van der Waals surface area contributed by atoms with Crippen LogP contribution in [0.1, 0.15) is 0 Å². The van der Waals surface area contributed by atoms with E-state index in [4.69, 9.17) is 0 Å². The Labute approximate surface area is 127 Å². The Kier molecular flexibility index (Phi) is 3.15. The standard InChI is InChI=1S/C4HBr3S6/c5-2-8-1-9-3(6,11-2)13-4(7,10-1)12-2/h1H. The fourth-order valence-electron chi connectivity index (χ4n) is 1.06. The average Bonchev–Trinajstić information content (AvgIpc) is 1.71. The van der Waals surface area contributed by atoms with Crippen LogP contribution in [-0.4, -0.2) is 10.9 Å². The highest BCUT2D eigenvalue weighted by molar-refractivity contribution is 9.24. The van der Waals surface area contributed by atoms with E-state index in [0.29, 0.717) is 3.91 Å². The second kappa shape index (κ2) is 3.52. The number of halogens is 3. The largest absolute Gasteiger partial charge is 0.170 e. The summed E-state index contributed by atoms with van der Waals surface area (Å²) < 4.78 is 1.02. The number of rotatable bonds is 0. The summed E-state index contributed by atoms with van der Waals surface area (Å²) >= 11 is 23.3. The van der Waals surface area contributed by atoms with Gasteiger partial charge in [0.2, 0.25) is 0 Å². The van der Waals surface area contributed by atoms with E-state index in [0.717, 1.165) is 0 Å². The van der Waals surface area contributed by atoms with Gasteiger partial charge in [-0.2, -0.15) is 0 Å². The summed E-state index contributed by atoms with van der Waals surface area (Å²) in [5.74, 6) is 0. The summed E-state index contributed by atoms with van der Waals surface area (Å²) in [6.07, 6.45) is 0. The van der Waals surface area contributed by atoms with E-state index in [1.807, 2.05) is 70.6 Å². The second-order valence-corrected chi connectivity index (χ2v) is 22.2. The van der Waals surface area contributed by atoms with Crippen LogP contribution in [0.4, 0.5) is 0 Å². The molecule has 4 aliphatic heterocycles. The molecule has 4 saturated heterocycles. The highest BCUT2D eigenvalue weighted by Gasteiger charge is 2.65. The highest BCUT2D eigenvalue weighted by Crippen LogP contribution is 2.89. The van der Waals surface area contributed by atoms with E-state index in [2.05, 4.69) is 47.8 Å². The zero-order valence-corrected chi connectivity index (χ0v) is 15.3. The molecule has 0 radical (unpaired) electrons. The normalized spacial score (nSPS) is 64.4. The van der Waals surface area contributed by atoms with E-state index < -0.39 is 0 Å². The van der Waals surface area contributed by atoms with Gasteiger partial charge in [0.1, 0.15) is 3.91 Å². The zero-order valence-electron chi connectivity index (χ0n) is 5.66. The summed E-state index contributed by atoms with van der Waals surface area (Å²) in [5.41, 5.74) is 0.